The van der Waals surface area contributed by atoms with Crippen LogP contribution in [0.25, 0.3) is 10.9 Å². The van der Waals surface area contributed by atoms with Crippen molar-refractivity contribution in [3.05, 3.63) is 34.6 Å². The average molecular weight is 432 g/mol. The van der Waals surface area contributed by atoms with Gasteiger partial charge in [0.05, 0.1) is 42.8 Å². The first-order valence-corrected chi connectivity index (χ1v) is 12.3. The Labute approximate surface area is 183 Å². The van der Waals surface area contributed by atoms with Gasteiger partial charge in [0.15, 0.2) is 5.16 Å². The first-order valence-electron chi connectivity index (χ1n) is 11.3. The highest BCUT2D eigenvalue weighted by atomic mass is 32.2. The van der Waals surface area contributed by atoms with Gasteiger partial charge in [-0.15, -0.1) is 0 Å². The number of hydrogen-bond acceptors (Lipinski definition) is 4. The predicted molar refractivity (Wildman–Crippen MR) is 123 cm³/mol. The molecule has 0 radical (unpaired) electrons. The first kappa shape index (κ1) is 22.8. The molecule has 1 aliphatic carbocycles. The Kier molecular flexibility index (Phi) is 8.33. The van der Waals surface area contributed by atoms with Crippen LogP contribution >= 0.6 is 11.8 Å². The minimum Gasteiger partial charge on any atom is -0.352 e. The van der Waals surface area contributed by atoms with Gasteiger partial charge in [0.2, 0.25) is 5.91 Å². The van der Waals surface area contributed by atoms with E-state index in [1.165, 1.54) is 35.9 Å². The molecule has 0 bridgehead atoms. The summed E-state index contributed by atoms with van der Waals surface area (Å²) in [5, 5.41) is 4.47. The van der Waals surface area contributed by atoms with Gasteiger partial charge < -0.3 is 10.2 Å². The molecule has 1 aromatic heterocycles. The third-order valence-electron chi connectivity index (χ3n) is 6.31. The largest absolute Gasteiger partial charge is 0.352 e. The van der Waals surface area contributed by atoms with Crippen molar-refractivity contribution in [1.82, 2.24) is 14.9 Å². The molecule has 1 heterocycles. The first-order chi connectivity index (χ1) is 14.5. The van der Waals surface area contributed by atoms with E-state index < -0.39 is 0 Å². The maximum atomic E-state index is 13.1. The number of fused-ring (bicyclic) bond motifs is 1. The Morgan fingerprint density at radius 2 is 1.97 bits per heavy atom. The minimum atomic E-state index is -0.0176. The average Bonchev–Trinajstić information content (AvgIpc) is 2.76. The molecule has 0 spiro atoms. The number of carbonyl (C=O) groups excluding carboxylic acids is 1. The fourth-order valence-corrected chi connectivity index (χ4v) is 5.07. The van der Waals surface area contributed by atoms with Crippen LogP contribution in [0.3, 0.4) is 0 Å². The molecule has 6 nitrogen and oxygen atoms in total. The van der Waals surface area contributed by atoms with Crippen LogP contribution in [0.2, 0.25) is 0 Å². The highest BCUT2D eigenvalue weighted by Gasteiger charge is 2.23. The van der Waals surface area contributed by atoms with Crippen molar-refractivity contribution in [2.24, 2.45) is 5.92 Å². The molecule has 1 fully saturated rings. The molecule has 2 atom stereocenters. The van der Waals surface area contributed by atoms with Crippen molar-refractivity contribution < 1.29 is 9.69 Å². The van der Waals surface area contributed by atoms with Gasteiger partial charge in [0.1, 0.15) is 0 Å². The number of benzene rings is 1. The van der Waals surface area contributed by atoms with Crippen molar-refractivity contribution in [3.63, 3.8) is 0 Å². The standard InChI is InChI=1S/C23H34N4O2S/c1-4-26(5-2)14-15-27-22(29)18-11-7-9-13-20(18)25-23(27)30-16-21(28)24-19-12-8-6-10-17(19)3/h7,9,11,13,17,19H,4-6,8,10,12,14-16H2,1-3H3,(H,24,28)/p+1/t17-,19-/m0/s1. The quantitative estimate of drug-likeness (QED) is 0.471. The van der Waals surface area contributed by atoms with E-state index in [4.69, 9.17) is 4.98 Å². The number of amides is 1. The molecule has 1 aliphatic rings. The second-order valence-electron chi connectivity index (χ2n) is 8.30. The van der Waals surface area contributed by atoms with E-state index >= 15 is 0 Å². The molecule has 3 rings (SSSR count). The van der Waals surface area contributed by atoms with Gasteiger partial charge in [-0.3, -0.25) is 14.2 Å². The smallest absolute Gasteiger partial charge is 0.262 e. The van der Waals surface area contributed by atoms with E-state index in [0.29, 0.717) is 28.5 Å². The summed E-state index contributed by atoms with van der Waals surface area (Å²) in [5.74, 6) is 0.843. The van der Waals surface area contributed by atoms with Gasteiger partial charge in [-0.25, -0.2) is 4.98 Å². The van der Waals surface area contributed by atoms with Crippen molar-refractivity contribution in [1.29, 1.82) is 0 Å². The van der Waals surface area contributed by atoms with Crippen LogP contribution in [-0.2, 0) is 11.3 Å². The summed E-state index contributed by atoms with van der Waals surface area (Å²) in [6.45, 7) is 10.1. The zero-order valence-corrected chi connectivity index (χ0v) is 19.3. The van der Waals surface area contributed by atoms with E-state index in [9.17, 15) is 9.59 Å². The molecule has 2 aromatic rings. The zero-order chi connectivity index (χ0) is 21.5. The van der Waals surface area contributed by atoms with Crippen molar-refractivity contribution >= 4 is 28.6 Å². The summed E-state index contributed by atoms with van der Waals surface area (Å²) >= 11 is 1.37. The second-order valence-corrected chi connectivity index (χ2v) is 9.24. The molecule has 2 N–H and O–H groups in total. The van der Waals surface area contributed by atoms with Crippen molar-refractivity contribution in [2.75, 3.05) is 25.4 Å². The van der Waals surface area contributed by atoms with Crippen molar-refractivity contribution in [3.8, 4) is 0 Å². The summed E-state index contributed by atoms with van der Waals surface area (Å²) in [4.78, 5) is 31.9. The number of likely N-dealkylation sites (N-methyl/N-ethyl adjacent to an activating group) is 1. The van der Waals surface area contributed by atoms with E-state index in [1.54, 1.807) is 4.57 Å². The van der Waals surface area contributed by atoms with E-state index in [1.807, 2.05) is 24.3 Å². The lowest BCUT2D eigenvalue weighted by atomic mass is 9.86. The lowest BCUT2D eigenvalue weighted by Gasteiger charge is -2.29. The van der Waals surface area contributed by atoms with Gasteiger partial charge >= 0.3 is 0 Å². The summed E-state index contributed by atoms with van der Waals surface area (Å²) in [6.07, 6.45) is 4.67. The zero-order valence-electron chi connectivity index (χ0n) is 18.4. The lowest BCUT2D eigenvalue weighted by molar-refractivity contribution is -0.897. The van der Waals surface area contributed by atoms with E-state index in [2.05, 4.69) is 26.1 Å². The minimum absolute atomic E-state index is 0.0176. The van der Waals surface area contributed by atoms with Gasteiger partial charge in [-0.1, -0.05) is 43.7 Å². The summed E-state index contributed by atoms with van der Waals surface area (Å²) in [7, 11) is 0. The van der Waals surface area contributed by atoms with Crippen LogP contribution in [0.1, 0.15) is 46.5 Å². The third-order valence-corrected chi connectivity index (χ3v) is 7.28. The van der Waals surface area contributed by atoms with Gasteiger partial charge in [0, 0.05) is 6.04 Å². The van der Waals surface area contributed by atoms with Gasteiger partial charge in [0.25, 0.3) is 5.56 Å². The molecule has 1 saturated carbocycles. The number of aromatic nitrogens is 2. The molecule has 164 valence electrons. The Hall–Kier alpha value is -1.86. The number of hydrogen-bond donors (Lipinski definition) is 2. The number of rotatable bonds is 9. The van der Waals surface area contributed by atoms with E-state index in [-0.39, 0.29) is 23.3 Å². The second kappa shape index (κ2) is 11.0. The molecule has 0 saturated heterocycles. The molecule has 0 aliphatic heterocycles. The molecule has 1 amide bonds. The molecular formula is C23H35N4O2S+. The van der Waals surface area contributed by atoms with Crippen LogP contribution < -0.4 is 15.8 Å². The third kappa shape index (κ3) is 5.64. The fourth-order valence-electron chi connectivity index (χ4n) is 4.24. The maximum Gasteiger partial charge on any atom is 0.262 e. The summed E-state index contributed by atoms with van der Waals surface area (Å²) in [5.41, 5.74) is 0.675. The topological polar surface area (TPSA) is 68.4 Å². The Balaban J connectivity index is 1.76. The monoisotopic (exact) mass is 431 g/mol. The molecule has 1 aromatic carbocycles. The van der Waals surface area contributed by atoms with Crippen LogP contribution in [0.15, 0.2) is 34.2 Å². The Morgan fingerprint density at radius 3 is 2.70 bits per heavy atom. The fraction of sp³-hybridized carbons (Fsp3) is 0.609. The Morgan fingerprint density at radius 1 is 1.23 bits per heavy atom. The van der Waals surface area contributed by atoms with Crippen LogP contribution in [0, 0.1) is 5.92 Å². The van der Waals surface area contributed by atoms with Crippen molar-refractivity contribution in [2.45, 2.75) is 64.2 Å². The van der Waals surface area contributed by atoms with Gasteiger partial charge in [-0.2, -0.15) is 0 Å². The summed E-state index contributed by atoms with van der Waals surface area (Å²) < 4.78 is 1.76. The maximum absolute atomic E-state index is 13.1. The number of nitrogens with one attached hydrogen (secondary N) is 2. The highest BCUT2D eigenvalue weighted by Crippen LogP contribution is 2.24. The lowest BCUT2D eigenvalue weighted by Crippen LogP contribution is -3.11. The van der Waals surface area contributed by atoms with Gasteiger partial charge in [-0.05, 0) is 44.7 Å². The SMILES string of the molecule is CC[NH+](CC)CCn1c(SCC(=O)N[C@H]2CCCC[C@@H]2C)nc2ccccc2c1=O. The number of thioether (sulfide) groups is 1. The van der Waals surface area contributed by atoms with Crippen LogP contribution in [0.5, 0.6) is 0 Å². The number of nitrogens with zero attached hydrogens (tertiary/aromatic N) is 2. The van der Waals surface area contributed by atoms with E-state index in [0.717, 1.165) is 26.1 Å². The molecule has 7 heteroatoms. The van der Waals surface area contributed by atoms with Crippen LogP contribution in [-0.4, -0.2) is 46.9 Å². The summed E-state index contributed by atoms with van der Waals surface area (Å²) in [6, 6.07) is 7.73. The normalized spacial score (nSPS) is 19.3. The number of carbonyl (C=O) groups is 1. The number of quaternary nitrogens is 1. The number of para-hydroxylation sites is 1. The van der Waals surface area contributed by atoms with Crippen LogP contribution in [0.4, 0.5) is 0 Å². The molecule has 30 heavy (non-hydrogen) atoms. The highest BCUT2D eigenvalue weighted by molar-refractivity contribution is 7.99. The predicted octanol–water partition coefficient (Wildman–Crippen LogP) is 2.11. The molecular weight excluding hydrogens is 396 g/mol. The Bertz CT molecular complexity index is 910. The molecule has 0 unspecified atom stereocenters.